The molecular weight excluding hydrogens is 424 g/mol. The summed E-state index contributed by atoms with van der Waals surface area (Å²) in [5.41, 5.74) is 2.05. The Labute approximate surface area is 179 Å². The number of thiophene rings is 1. The van der Waals surface area contributed by atoms with Crippen molar-refractivity contribution in [3.05, 3.63) is 63.9 Å². The first-order valence-electron chi connectivity index (χ1n) is 9.27. The third-order valence-electron chi connectivity index (χ3n) is 4.80. The molecule has 0 fully saturated rings. The minimum Gasteiger partial charge on any atom is -0.480 e. The van der Waals surface area contributed by atoms with E-state index in [-0.39, 0.29) is 21.4 Å². The maximum absolute atomic E-state index is 13.0. The molecule has 2 aromatic rings. The number of amides is 1. The summed E-state index contributed by atoms with van der Waals surface area (Å²) in [6.45, 7) is 3.35. The van der Waals surface area contributed by atoms with Gasteiger partial charge in [-0.15, -0.1) is 11.3 Å². The van der Waals surface area contributed by atoms with Crippen LogP contribution in [0, 0.1) is 5.92 Å². The second-order valence-corrected chi connectivity index (χ2v) is 9.84. The zero-order valence-corrected chi connectivity index (χ0v) is 18.1. The zero-order valence-electron chi connectivity index (χ0n) is 16.5. The van der Waals surface area contributed by atoms with Crippen LogP contribution in [0.1, 0.15) is 29.9 Å². The average Bonchev–Trinajstić information content (AvgIpc) is 3.12. The fourth-order valence-electron chi connectivity index (χ4n) is 2.95. The molecular formula is C21H22N2O5S2. The van der Waals surface area contributed by atoms with Crippen molar-refractivity contribution in [1.29, 1.82) is 0 Å². The van der Waals surface area contributed by atoms with Gasteiger partial charge in [-0.2, -0.15) is 0 Å². The number of hydrogen-bond donors (Lipinski definition) is 3. The number of nitrogens with one attached hydrogen (secondary N) is 2. The Hall–Kier alpha value is -2.91. The van der Waals surface area contributed by atoms with Gasteiger partial charge in [-0.05, 0) is 37.0 Å². The number of carboxylic acid groups (broad SMARTS) is 1. The predicted molar refractivity (Wildman–Crippen MR) is 118 cm³/mol. The number of carbonyl (C=O) groups excluding carboxylic acids is 1. The SMILES string of the molecule is CC1=CC=C(S(=O)(=O)Nc2cc(-c3ccccc3)sc2C(=O)NCC(=O)O)CC1C. The van der Waals surface area contributed by atoms with Gasteiger partial charge in [0.15, 0.2) is 0 Å². The molecule has 1 amide bonds. The number of carbonyl (C=O) groups is 2. The fraction of sp³-hybridized carbons (Fsp3) is 0.238. The molecule has 0 saturated carbocycles. The number of sulfonamides is 1. The van der Waals surface area contributed by atoms with E-state index in [1.54, 1.807) is 18.2 Å². The van der Waals surface area contributed by atoms with Crippen LogP contribution in [0.2, 0.25) is 0 Å². The van der Waals surface area contributed by atoms with Gasteiger partial charge in [0.25, 0.3) is 15.9 Å². The number of rotatable bonds is 7. The van der Waals surface area contributed by atoms with Crippen LogP contribution in [0.15, 0.2) is 59.0 Å². The predicted octanol–water partition coefficient (Wildman–Crippen LogP) is 3.84. The molecule has 158 valence electrons. The van der Waals surface area contributed by atoms with Crippen molar-refractivity contribution < 1.29 is 23.1 Å². The molecule has 0 bridgehead atoms. The topological polar surface area (TPSA) is 113 Å². The first kappa shape index (κ1) is 21.8. The van der Waals surface area contributed by atoms with E-state index in [1.165, 1.54) is 0 Å². The number of benzene rings is 1. The van der Waals surface area contributed by atoms with Crippen molar-refractivity contribution in [1.82, 2.24) is 5.32 Å². The molecule has 30 heavy (non-hydrogen) atoms. The highest BCUT2D eigenvalue weighted by Crippen LogP contribution is 2.37. The Morgan fingerprint density at radius 2 is 1.90 bits per heavy atom. The van der Waals surface area contributed by atoms with E-state index in [0.717, 1.165) is 22.5 Å². The molecule has 0 spiro atoms. The third-order valence-corrected chi connectivity index (χ3v) is 7.47. The summed E-state index contributed by atoms with van der Waals surface area (Å²) in [6, 6.07) is 10.8. The quantitative estimate of drug-likeness (QED) is 0.598. The third kappa shape index (κ3) is 4.98. The number of allylic oxidation sites excluding steroid dienone is 4. The summed E-state index contributed by atoms with van der Waals surface area (Å²) < 4.78 is 28.5. The second-order valence-electron chi connectivity index (χ2n) is 7.05. The first-order chi connectivity index (χ1) is 14.2. The van der Waals surface area contributed by atoms with Gasteiger partial charge in [0.2, 0.25) is 0 Å². The largest absolute Gasteiger partial charge is 0.480 e. The Morgan fingerprint density at radius 1 is 1.20 bits per heavy atom. The number of aliphatic carboxylic acids is 1. The minimum atomic E-state index is -3.87. The maximum Gasteiger partial charge on any atom is 0.322 e. The van der Waals surface area contributed by atoms with Crippen molar-refractivity contribution in [2.45, 2.75) is 20.3 Å². The summed E-state index contributed by atoms with van der Waals surface area (Å²) in [6.07, 6.45) is 3.73. The van der Waals surface area contributed by atoms with Crippen LogP contribution < -0.4 is 10.0 Å². The van der Waals surface area contributed by atoms with Crippen molar-refractivity contribution in [3.63, 3.8) is 0 Å². The molecule has 7 nitrogen and oxygen atoms in total. The van der Waals surface area contributed by atoms with Gasteiger partial charge in [0.05, 0.1) is 10.6 Å². The minimum absolute atomic E-state index is 0.0993. The molecule has 1 aromatic carbocycles. The molecule has 0 radical (unpaired) electrons. The van der Waals surface area contributed by atoms with Crippen LogP contribution in [-0.4, -0.2) is 31.9 Å². The van der Waals surface area contributed by atoms with Gasteiger partial charge in [-0.1, -0.05) is 48.9 Å². The van der Waals surface area contributed by atoms with Crippen molar-refractivity contribution in [2.75, 3.05) is 11.3 Å². The molecule has 1 aliphatic carbocycles. The number of anilines is 1. The van der Waals surface area contributed by atoms with E-state index >= 15 is 0 Å². The molecule has 3 N–H and O–H groups in total. The molecule has 1 heterocycles. The lowest BCUT2D eigenvalue weighted by Crippen LogP contribution is -2.29. The Bertz CT molecular complexity index is 1130. The van der Waals surface area contributed by atoms with Crippen molar-refractivity contribution in [2.24, 2.45) is 5.92 Å². The lowest BCUT2D eigenvalue weighted by molar-refractivity contribution is -0.135. The maximum atomic E-state index is 13.0. The van der Waals surface area contributed by atoms with Gasteiger partial charge >= 0.3 is 5.97 Å². The van der Waals surface area contributed by atoms with Crippen LogP contribution >= 0.6 is 11.3 Å². The summed E-state index contributed by atoms with van der Waals surface area (Å²) >= 11 is 1.10. The summed E-state index contributed by atoms with van der Waals surface area (Å²) in [5.74, 6) is -1.74. The molecule has 3 rings (SSSR count). The van der Waals surface area contributed by atoms with Crippen LogP contribution in [0.5, 0.6) is 0 Å². The van der Waals surface area contributed by atoms with Crippen LogP contribution in [0.25, 0.3) is 10.4 Å². The summed E-state index contributed by atoms with van der Waals surface area (Å²) in [4.78, 5) is 24.4. The molecule has 1 aromatic heterocycles. The first-order valence-corrected chi connectivity index (χ1v) is 11.6. The highest BCUT2D eigenvalue weighted by atomic mass is 32.2. The number of carboxylic acids is 1. The Balaban J connectivity index is 1.97. The highest BCUT2D eigenvalue weighted by Gasteiger charge is 2.26. The van der Waals surface area contributed by atoms with Crippen molar-refractivity contribution >= 4 is 38.9 Å². The number of hydrogen-bond acceptors (Lipinski definition) is 5. The van der Waals surface area contributed by atoms with E-state index in [2.05, 4.69) is 10.0 Å². The van der Waals surface area contributed by atoms with E-state index in [9.17, 15) is 18.0 Å². The van der Waals surface area contributed by atoms with Gasteiger partial charge in [-0.25, -0.2) is 8.42 Å². The standard InChI is InChI=1S/C21H22N2O5S2/c1-13-8-9-16(10-14(13)2)30(27,28)23-17-11-18(15-6-4-3-5-7-15)29-20(17)21(26)22-12-19(24)25/h3-9,11,14,23H,10,12H2,1-2H3,(H,22,26)(H,24,25). The van der Waals surface area contributed by atoms with E-state index in [4.69, 9.17) is 5.11 Å². The van der Waals surface area contributed by atoms with Crippen molar-refractivity contribution in [3.8, 4) is 10.4 Å². The molecule has 0 aliphatic heterocycles. The van der Waals surface area contributed by atoms with E-state index < -0.39 is 28.4 Å². The molecule has 1 atom stereocenters. The van der Waals surface area contributed by atoms with Gasteiger partial charge in [0.1, 0.15) is 11.4 Å². The lowest BCUT2D eigenvalue weighted by atomic mass is 9.95. The average molecular weight is 447 g/mol. The van der Waals surface area contributed by atoms with Gasteiger partial charge in [-0.3, -0.25) is 14.3 Å². The molecule has 1 aliphatic rings. The van der Waals surface area contributed by atoms with Gasteiger partial charge < -0.3 is 10.4 Å². The summed E-state index contributed by atoms with van der Waals surface area (Å²) in [5, 5.41) is 11.1. The molecule has 0 saturated heterocycles. The highest BCUT2D eigenvalue weighted by molar-refractivity contribution is 7.96. The Kier molecular flexibility index (Phi) is 6.42. The molecule has 1 unspecified atom stereocenters. The molecule has 9 heteroatoms. The zero-order chi connectivity index (χ0) is 21.9. The fourth-order valence-corrected chi connectivity index (χ4v) is 5.34. The van der Waals surface area contributed by atoms with Crippen LogP contribution in [-0.2, 0) is 14.8 Å². The van der Waals surface area contributed by atoms with E-state index in [1.807, 2.05) is 44.2 Å². The Morgan fingerprint density at radius 3 is 2.53 bits per heavy atom. The monoisotopic (exact) mass is 446 g/mol. The lowest BCUT2D eigenvalue weighted by Gasteiger charge is -2.19. The smallest absolute Gasteiger partial charge is 0.322 e. The van der Waals surface area contributed by atoms with E-state index in [0.29, 0.717) is 11.3 Å². The summed E-state index contributed by atoms with van der Waals surface area (Å²) in [7, 11) is -3.87. The normalized spacial score (nSPS) is 16.4. The van der Waals surface area contributed by atoms with Crippen LogP contribution in [0.3, 0.4) is 0 Å². The second kappa shape index (κ2) is 8.85. The van der Waals surface area contributed by atoms with Gasteiger partial charge in [0, 0.05) is 4.88 Å². The van der Waals surface area contributed by atoms with Crippen LogP contribution in [0.4, 0.5) is 5.69 Å².